The van der Waals surface area contributed by atoms with Crippen LogP contribution in [0.3, 0.4) is 0 Å². The molecule has 0 fully saturated rings. The number of ether oxygens (including phenoxy) is 1. The molecule has 2 aromatic rings. The average molecular weight is 272 g/mol. The zero-order valence-electron chi connectivity index (χ0n) is 11.4. The number of rotatable bonds is 4. The number of nitrogens with zero attached hydrogens (tertiary/aromatic N) is 2. The molecule has 20 heavy (non-hydrogen) atoms. The molecule has 1 heterocycles. The SMILES string of the molecule is CCOc1ccc(-c2ccc(N)nn2)cc1NC(C)=O. The molecule has 0 bridgehead atoms. The molecule has 1 aromatic carbocycles. The Hall–Kier alpha value is -2.63. The van der Waals surface area contributed by atoms with Crippen LogP contribution in [0.4, 0.5) is 11.5 Å². The second-order valence-corrected chi connectivity index (χ2v) is 4.17. The lowest BCUT2D eigenvalue weighted by molar-refractivity contribution is -0.114. The maximum atomic E-state index is 11.3. The van der Waals surface area contributed by atoms with Crippen molar-refractivity contribution in [3.8, 4) is 17.0 Å². The number of hydrogen-bond donors (Lipinski definition) is 2. The molecule has 0 saturated heterocycles. The van der Waals surface area contributed by atoms with Crippen LogP contribution in [-0.2, 0) is 4.79 Å². The Morgan fingerprint density at radius 2 is 2.10 bits per heavy atom. The molecular weight excluding hydrogens is 256 g/mol. The predicted molar refractivity (Wildman–Crippen MR) is 77.4 cm³/mol. The average Bonchev–Trinajstić information content (AvgIpc) is 2.41. The van der Waals surface area contributed by atoms with E-state index in [1.165, 1.54) is 6.92 Å². The topological polar surface area (TPSA) is 90.1 Å². The van der Waals surface area contributed by atoms with Gasteiger partial charge in [0.05, 0.1) is 18.0 Å². The first-order chi connectivity index (χ1) is 9.60. The number of nitrogens with one attached hydrogen (secondary N) is 1. The molecule has 1 aromatic heterocycles. The maximum Gasteiger partial charge on any atom is 0.221 e. The van der Waals surface area contributed by atoms with Gasteiger partial charge in [-0.25, -0.2) is 0 Å². The lowest BCUT2D eigenvalue weighted by Crippen LogP contribution is -2.08. The molecule has 6 nitrogen and oxygen atoms in total. The number of hydrogen-bond acceptors (Lipinski definition) is 5. The number of nitrogen functional groups attached to an aromatic ring is 1. The van der Waals surface area contributed by atoms with Gasteiger partial charge in [-0.15, -0.1) is 10.2 Å². The number of carbonyl (C=O) groups excluding carboxylic acids is 1. The highest BCUT2D eigenvalue weighted by Crippen LogP contribution is 2.30. The van der Waals surface area contributed by atoms with Gasteiger partial charge in [0.25, 0.3) is 0 Å². The van der Waals surface area contributed by atoms with Gasteiger partial charge in [0.15, 0.2) is 0 Å². The van der Waals surface area contributed by atoms with Crippen LogP contribution in [0.15, 0.2) is 30.3 Å². The molecule has 2 rings (SSSR count). The lowest BCUT2D eigenvalue weighted by Gasteiger charge is -2.12. The van der Waals surface area contributed by atoms with Gasteiger partial charge in [-0.05, 0) is 37.3 Å². The minimum Gasteiger partial charge on any atom is -0.492 e. The van der Waals surface area contributed by atoms with E-state index in [0.717, 1.165) is 5.56 Å². The molecule has 0 aliphatic carbocycles. The highest BCUT2D eigenvalue weighted by atomic mass is 16.5. The van der Waals surface area contributed by atoms with Gasteiger partial charge in [0, 0.05) is 12.5 Å². The Balaban J connectivity index is 2.40. The third-order valence-electron chi connectivity index (χ3n) is 2.57. The third kappa shape index (κ3) is 3.23. The van der Waals surface area contributed by atoms with E-state index in [-0.39, 0.29) is 5.91 Å². The maximum absolute atomic E-state index is 11.3. The second kappa shape index (κ2) is 6.01. The normalized spacial score (nSPS) is 10.1. The minimum absolute atomic E-state index is 0.161. The fourth-order valence-corrected chi connectivity index (χ4v) is 1.75. The molecule has 0 atom stereocenters. The van der Waals surface area contributed by atoms with E-state index in [1.54, 1.807) is 24.3 Å². The summed E-state index contributed by atoms with van der Waals surface area (Å²) in [5.41, 5.74) is 7.62. The van der Waals surface area contributed by atoms with Crippen molar-refractivity contribution in [1.29, 1.82) is 0 Å². The van der Waals surface area contributed by atoms with E-state index in [0.29, 0.717) is 29.6 Å². The third-order valence-corrected chi connectivity index (χ3v) is 2.57. The summed E-state index contributed by atoms with van der Waals surface area (Å²) in [6, 6.07) is 8.90. The number of aromatic nitrogens is 2. The van der Waals surface area contributed by atoms with E-state index in [9.17, 15) is 4.79 Å². The minimum atomic E-state index is -0.161. The summed E-state index contributed by atoms with van der Waals surface area (Å²) in [5.74, 6) is 0.822. The Labute approximate surface area is 117 Å². The lowest BCUT2D eigenvalue weighted by atomic mass is 10.1. The number of anilines is 2. The van der Waals surface area contributed by atoms with Crippen molar-refractivity contribution in [2.24, 2.45) is 0 Å². The monoisotopic (exact) mass is 272 g/mol. The first-order valence-corrected chi connectivity index (χ1v) is 6.24. The molecule has 0 spiro atoms. The Morgan fingerprint density at radius 1 is 1.30 bits per heavy atom. The number of carbonyl (C=O) groups is 1. The molecular formula is C14H16N4O2. The van der Waals surface area contributed by atoms with Gasteiger partial charge >= 0.3 is 0 Å². The first-order valence-electron chi connectivity index (χ1n) is 6.24. The van der Waals surface area contributed by atoms with Crippen molar-refractivity contribution < 1.29 is 9.53 Å². The summed E-state index contributed by atoms with van der Waals surface area (Å²) in [7, 11) is 0. The van der Waals surface area contributed by atoms with Gasteiger partial charge in [0.2, 0.25) is 5.91 Å². The summed E-state index contributed by atoms with van der Waals surface area (Å²) < 4.78 is 5.48. The predicted octanol–water partition coefficient (Wildman–Crippen LogP) is 2.08. The number of nitrogens with two attached hydrogens (primary N) is 1. The van der Waals surface area contributed by atoms with Gasteiger partial charge in [-0.1, -0.05) is 0 Å². The van der Waals surface area contributed by atoms with E-state index in [2.05, 4.69) is 15.5 Å². The molecule has 0 aliphatic rings. The van der Waals surface area contributed by atoms with Crippen molar-refractivity contribution >= 4 is 17.4 Å². The number of amides is 1. The molecule has 0 radical (unpaired) electrons. The molecule has 0 unspecified atom stereocenters. The Bertz CT molecular complexity index is 611. The van der Waals surface area contributed by atoms with Crippen LogP contribution in [0, 0.1) is 0 Å². The fourth-order valence-electron chi connectivity index (χ4n) is 1.75. The summed E-state index contributed by atoms with van der Waals surface area (Å²) in [5, 5.41) is 10.6. The second-order valence-electron chi connectivity index (χ2n) is 4.17. The summed E-state index contributed by atoms with van der Waals surface area (Å²) in [4.78, 5) is 11.3. The van der Waals surface area contributed by atoms with Crippen LogP contribution in [0.25, 0.3) is 11.3 Å². The van der Waals surface area contributed by atoms with Gasteiger partial charge in [-0.3, -0.25) is 4.79 Å². The quantitative estimate of drug-likeness (QED) is 0.889. The standard InChI is InChI=1S/C14H16N4O2/c1-3-20-13-6-4-10(8-12(13)16-9(2)19)11-5-7-14(15)18-17-11/h4-8H,3H2,1-2H3,(H2,15,18)(H,16,19). The number of benzene rings is 1. The highest BCUT2D eigenvalue weighted by molar-refractivity contribution is 5.91. The van der Waals surface area contributed by atoms with Gasteiger partial charge in [-0.2, -0.15) is 0 Å². The van der Waals surface area contributed by atoms with Crippen molar-refractivity contribution in [1.82, 2.24) is 10.2 Å². The van der Waals surface area contributed by atoms with Gasteiger partial charge in [0.1, 0.15) is 11.6 Å². The summed E-state index contributed by atoms with van der Waals surface area (Å²) >= 11 is 0. The van der Waals surface area contributed by atoms with Crippen LogP contribution < -0.4 is 15.8 Å². The highest BCUT2D eigenvalue weighted by Gasteiger charge is 2.09. The zero-order valence-corrected chi connectivity index (χ0v) is 11.4. The van der Waals surface area contributed by atoms with Crippen molar-refractivity contribution in [2.75, 3.05) is 17.7 Å². The van der Waals surface area contributed by atoms with Crippen LogP contribution in [0.2, 0.25) is 0 Å². The smallest absolute Gasteiger partial charge is 0.221 e. The van der Waals surface area contributed by atoms with Crippen LogP contribution in [-0.4, -0.2) is 22.7 Å². The van der Waals surface area contributed by atoms with E-state index in [4.69, 9.17) is 10.5 Å². The van der Waals surface area contributed by atoms with Crippen molar-refractivity contribution in [3.63, 3.8) is 0 Å². The zero-order chi connectivity index (χ0) is 14.5. The summed E-state index contributed by atoms with van der Waals surface area (Å²) in [6.07, 6.45) is 0. The van der Waals surface area contributed by atoms with E-state index >= 15 is 0 Å². The Kier molecular flexibility index (Phi) is 4.14. The van der Waals surface area contributed by atoms with Crippen LogP contribution in [0.1, 0.15) is 13.8 Å². The first kappa shape index (κ1) is 13.8. The molecule has 0 saturated carbocycles. The van der Waals surface area contributed by atoms with Crippen molar-refractivity contribution in [2.45, 2.75) is 13.8 Å². The van der Waals surface area contributed by atoms with E-state index in [1.807, 2.05) is 13.0 Å². The van der Waals surface area contributed by atoms with E-state index < -0.39 is 0 Å². The molecule has 0 aliphatic heterocycles. The molecule has 1 amide bonds. The Morgan fingerprint density at radius 3 is 2.70 bits per heavy atom. The fraction of sp³-hybridized carbons (Fsp3) is 0.214. The van der Waals surface area contributed by atoms with Crippen LogP contribution >= 0.6 is 0 Å². The molecule has 3 N–H and O–H groups in total. The molecule has 6 heteroatoms. The van der Waals surface area contributed by atoms with Crippen LogP contribution in [0.5, 0.6) is 5.75 Å². The molecule has 104 valence electrons. The van der Waals surface area contributed by atoms with Gasteiger partial charge < -0.3 is 15.8 Å². The largest absolute Gasteiger partial charge is 0.492 e. The summed E-state index contributed by atoms with van der Waals surface area (Å²) in [6.45, 7) is 3.86. The van der Waals surface area contributed by atoms with Crippen molar-refractivity contribution in [3.05, 3.63) is 30.3 Å².